The van der Waals surface area contributed by atoms with E-state index in [2.05, 4.69) is 20.2 Å². The Morgan fingerprint density at radius 2 is 1.88 bits per heavy atom. The number of rotatable bonds is 9. The van der Waals surface area contributed by atoms with Crippen molar-refractivity contribution in [1.29, 1.82) is 0 Å². The minimum atomic E-state index is -0.109. The zero-order valence-corrected chi connectivity index (χ0v) is 20.3. The van der Waals surface area contributed by atoms with Crippen LogP contribution in [0.3, 0.4) is 0 Å². The van der Waals surface area contributed by atoms with Gasteiger partial charge >= 0.3 is 0 Å². The first-order valence-corrected chi connectivity index (χ1v) is 11.8. The number of hydrogen-bond donors (Lipinski definition) is 1. The van der Waals surface area contributed by atoms with Gasteiger partial charge in [0, 0.05) is 34.9 Å². The first kappa shape index (κ1) is 23.4. The standard InChI is InChI=1S/C25H25N5O3S/c1-5-33-20-10-8-19(9-11-20)30-24(18-7-6-12-26-13-18)28-29-25(30)34-14-21(32)23-15(2)22(17(4)31)16(3)27-23/h6-13,27H,5,14H2,1-4H3. The van der Waals surface area contributed by atoms with Crippen molar-refractivity contribution in [3.8, 4) is 22.8 Å². The highest BCUT2D eigenvalue weighted by atomic mass is 32.2. The van der Waals surface area contributed by atoms with Crippen LogP contribution in [0, 0.1) is 13.8 Å². The smallest absolute Gasteiger partial charge is 0.196 e. The summed E-state index contributed by atoms with van der Waals surface area (Å²) in [6, 6.07) is 11.4. The molecule has 0 fully saturated rings. The van der Waals surface area contributed by atoms with Gasteiger partial charge in [0.1, 0.15) is 5.75 Å². The highest BCUT2D eigenvalue weighted by Crippen LogP contribution is 2.29. The van der Waals surface area contributed by atoms with Gasteiger partial charge in [-0.05, 0) is 69.7 Å². The maximum Gasteiger partial charge on any atom is 0.196 e. The van der Waals surface area contributed by atoms with Crippen LogP contribution in [0.25, 0.3) is 17.1 Å². The van der Waals surface area contributed by atoms with Crippen LogP contribution in [-0.4, -0.2) is 48.7 Å². The number of carbonyl (C=O) groups excluding carboxylic acids is 2. The molecule has 34 heavy (non-hydrogen) atoms. The molecule has 1 N–H and O–H groups in total. The lowest BCUT2D eigenvalue weighted by Gasteiger charge is -2.11. The second kappa shape index (κ2) is 10.0. The predicted octanol–water partition coefficient (Wildman–Crippen LogP) is 4.85. The Labute approximate surface area is 201 Å². The molecule has 8 nitrogen and oxygen atoms in total. The SMILES string of the molecule is CCOc1ccc(-n2c(SCC(=O)c3[nH]c(C)c(C(C)=O)c3C)nnc2-c2cccnc2)cc1. The molecule has 0 spiro atoms. The highest BCUT2D eigenvalue weighted by molar-refractivity contribution is 7.99. The van der Waals surface area contributed by atoms with E-state index in [1.165, 1.54) is 18.7 Å². The van der Waals surface area contributed by atoms with E-state index in [0.29, 0.717) is 40.1 Å². The summed E-state index contributed by atoms with van der Waals surface area (Å²) in [5.74, 6) is 1.36. The summed E-state index contributed by atoms with van der Waals surface area (Å²) >= 11 is 1.29. The molecule has 3 aromatic heterocycles. The molecule has 4 rings (SSSR count). The van der Waals surface area contributed by atoms with Crippen molar-refractivity contribution in [2.75, 3.05) is 12.4 Å². The molecule has 0 atom stereocenters. The molecule has 0 bridgehead atoms. The first-order chi connectivity index (χ1) is 16.4. The Morgan fingerprint density at radius 1 is 1.12 bits per heavy atom. The molecule has 174 valence electrons. The molecule has 0 aliphatic carbocycles. The second-order valence-electron chi connectivity index (χ2n) is 7.70. The van der Waals surface area contributed by atoms with Crippen LogP contribution in [0.15, 0.2) is 53.9 Å². The summed E-state index contributed by atoms with van der Waals surface area (Å²) in [7, 11) is 0. The van der Waals surface area contributed by atoms with Gasteiger partial charge in [0.2, 0.25) is 0 Å². The van der Waals surface area contributed by atoms with Gasteiger partial charge in [-0.15, -0.1) is 10.2 Å². The first-order valence-electron chi connectivity index (χ1n) is 10.9. The van der Waals surface area contributed by atoms with E-state index in [1.807, 2.05) is 47.9 Å². The summed E-state index contributed by atoms with van der Waals surface area (Å²) < 4.78 is 7.46. The Kier molecular flexibility index (Phi) is 6.93. The van der Waals surface area contributed by atoms with E-state index in [-0.39, 0.29) is 17.3 Å². The zero-order valence-electron chi connectivity index (χ0n) is 19.5. The summed E-state index contributed by atoms with van der Waals surface area (Å²) in [5.41, 5.74) is 4.06. The highest BCUT2D eigenvalue weighted by Gasteiger charge is 2.22. The van der Waals surface area contributed by atoms with Gasteiger partial charge in [-0.2, -0.15) is 0 Å². The Hall–Kier alpha value is -3.72. The van der Waals surface area contributed by atoms with E-state index in [4.69, 9.17) is 4.74 Å². The van der Waals surface area contributed by atoms with Crippen LogP contribution in [0.5, 0.6) is 5.75 Å². The van der Waals surface area contributed by atoms with Gasteiger partial charge in [-0.25, -0.2) is 0 Å². The largest absolute Gasteiger partial charge is 0.494 e. The molecule has 9 heteroatoms. The third-order valence-electron chi connectivity index (χ3n) is 5.36. The molecule has 0 aliphatic heterocycles. The molecule has 0 radical (unpaired) electrons. The molecule has 0 aliphatic rings. The van der Waals surface area contributed by atoms with Gasteiger partial charge in [0.15, 0.2) is 22.5 Å². The van der Waals surface area contributed by atoms with Crippen LogP contribution in [0.1, 0.15) is 46.0 Å². The summed E-state index contributed by atoms with van der Waals surface area (Å²) in [4.78, 5) is 32.2. The number of nitrogens with zero attached hydrogens (tertiary/aromatic N) is 4. The summed E-state index contributed by atoms with van der Waals surface area (Å²) in [5, 5.41) is 9.33. The van der Waals surface area contributed by atoms with Crippen LogP contribution in [0.2, 0.25) is 0 Å². The van der Waals surface area contributed by atoms with Gasteiger partial charge < -0.3 is 9.72 Å². The monoisotopic (exact) mass is 475 g/mol. The zero-order chi connectivity index (χ0) is 24.2. The third-order valence-corrected chi connectivity index (χ3v) is 6.29. The quantitative estimate of drug-likeness (QED) is 0.273. The van der Waals surface area contributed by atoms with E-state index in [9.17, 15) is 9.59 Å². The molecule has 4 aromatic rings. The fourth-order valence-corrected chi connectivity index (χ4v) is 4.72. The van der Waals surface area contributed by atoms with E-state index < -0.39 is 0 Å². The molecule has 1 aromatic carbocycles. The number of Topliss-reactive ketones (excluding diaryl/α,β-unsaturated/α-hetero) is 2. The molecular formula is C25H25N5O3S. The number of carbonyl (C=O) groups is 2. The van der Waals surface area contributed by atoms with Crippen LogP contribution in [0.4, 0.5) is 0 Å². The van der Waals surface area contributed by atoms with E-state index in [1.54, 1.807) is 26.2 Å². The summed E-state index contributed by atoms with van der Waals surface area (Å²) in [6.45, 7) is 7.62. The Balaban J connectivity index is 1.66. The fourth-order valence-electron chi connectivity index (χ4n) is 3.90. The molecule has 0 unspecified atom stereocenters. The summed E-state index contributed by atoms with van der Waals surface area (Å²) in [6.07, 6.45) is 3.43. The van der Waals surface area contributed by atoms with Crippen LogP contribution < -0.4 is 4.74 Å². The minimum absolute atomic E-state index is 0.0608. The number of benzene rings is 1. The van der Waals surface area contributed by atoms with Crippen molar-refractivity contribution in [1.82, 2.24) is 24.7 Å². The third kappa shape index (κ3) is 4.65. The van der Waals surface area contributed by atoms with E-state index in [0.717, 1.165) is 17.0 Å². The number of hydrogen-bond acceptors (Lipinski definition) is 7. The van der Waals surface area contributed by atoms with Crippen molar-refractivity contribution in [3.63, 3.8) is 0 Å². The Bertz CT molecular complexity index is 1330. The van der Waals surface area contributed by atoms with Gasteiger partial charge in [-0.3, -0.25) is 19.1 Å². The lowest BCUT2D eigenvalue weighted by atomic mass is 10.1. The topological polar surface area (TPSA) is 103 Å². The van der Waals surface area contributed by atoms with Crippen molar-refractivity contribution in [3.05, 3.63) is 71.3 Å². The maximum absolute atomic E-state index is 13.0. The van der Waals surface area contributed by atoms with Crippen molar-refractivity contribution in [2.24, 2.45) is 0 Å². The van der Waals surface area contributed by atoms with Crippen molar-refractivity contribution >= 4 is 23.3 Å². The number of thioether (sulfide) groups is 1. The fraction of sp³-hybridized carbons (Fsp3) is 0.240. The number of aryl methyl sites for hydroxylation is 1. The van der Waals surface area contributed by atoms with Crippen molar-refractivity contribution in [2.45, 2.75) is 32.9 Å². The minimum Gasteiger partial charge on any atom is -0.494 e. The normalized spacial score (nSPS) is 10.9. The number of aromatic nitrogens is 5. The predicted molar refractivity (Wildman–Crippen MR) is 131 cm³/mol. The lowest BCUT2D eigenvalue weighted by molar-refractivity contribution is 0.101. The number of H-pyrrole nitrogens is 1. The van der Waals surface area contributed by atoms with Gasteiger partial charge in [-0.1, -0.05) is 11.8 Å². The van der Waals surface area contributed by atoms with Crippen molar-refractivity contribution < 1.29 is 14.3 Å². The van der Waals surface area contributed by atoms with E-state index >= 15 is 0 Å². The average molecular weight is 476 g/mol. The molecule has 0 saturated heterocycles. The molecule has 0 amide bonds. The average Bonchev–Trinajstić information content (AvgIpc) is 3.39. The molecular weight excluding hydrogens is 450 g/mol. The van der Waals surface area contributed by atoms with Gasteiger partial charge in [0.25, 0.3) is 0 Å². The number of ether oxygens (including phenoxy) is 1. The van der Waals surface area contributed by atoms with Crippen LogP contribution >= 0.6 is 11.8 Å². The number of aromatic amines is 1. The molecule has 3 heterocycles. The number of ketones is 2. The lowest BCUT2D eigenvalue weighted by Crippen LogP contribution is -2.07. The molecule has 0 saturated carbocycles. The number of pyridine rings is 1. The Morgan fingerprint density at radius 3 is 2.50 bits per heavy atom. The van der Waals surface area contributed by atoms with Gasteiger partial charge in [0.05, 0.1) is 18.1 Å². The number of nitrogens with one attached hydrogen (secondary N) is 1. The van der Waals surface area contributed by atoms with Crippen LogP contribution in [-0.2, 0) is 0 Å². The second-order valence-corrected chi connectivity index (χ2v) is 8.65. The maximum atomic E-state index is 13.0.